The summed E-state index contributed by atoms with van der Waals surface area (Å²) in [6.45, 7) is 4.95. The minimum atomic E-state index is 0.300. The lowest BCUT2D eigenvalue weighted by molar-refractivity contribution is 0.533. The number of aromatic nitrogens is 4. The van der Waals surface area contributed by atoms with Gasteiger partial charge in [-0.05, 0) is 43.4 Å². The molecular weight excluding hydrogens is 420 g/mol. The van der Waals surface area contributed by atoms with Crippen molar-refractivity contribution in [3.05, 3.63) is 75.1 Å². The van der Waals surface area contributed by atoms with Gasteiger partial charge in [0.1, 0.15) is 5.69 Å². The molecule has 6 rings (SSSR count). The zero-order valence-electron chi connectivity index (χ0n) is 19.5. The monoisotopic (exact) mass is 450 g/mol. The number of fused-ring (bicyclic) bond motifs is 2. The maximum absolute atomic E-state index is 4.82. The second-order valence-corrected chi connectivity index (χ2v) is 9.45. The van der Waals surface area contributed by atoms with Gasteiger partial charge >= 0.3 is 0 Å². The van der Waals surface area contributed by atoms with Crippen molar-refractivity contribution in [1.29, 1.82) is 0 Å². The third-order valence-corrected chi connectivity index (χ3v) is 7.24. The van der Waals surface area contributed by atoms with E-state index in [2.05, 4.69) is 88.3 Å². The highest BCUT2D eigenvalue weighted by atomic mass is 15.1. The summed E-state index contributed by atoms with van der Waals surface area (Å²) in [5, 5.41) is 13.7. The van der Waals surface area contributed by atoms with Crippen molar-refractivity contribution >= 4 is 24.4 Å². The number of benzene rings is 1. The smallest absolute Gasteiger partial charge is 0.159 e. The number of H-pyrrole nitrogens is 2. The number of rotatable bonds is 6. The Labute approximate surface area is 199 Å². The summed E-state index contributed by atoms with van der Waals surface area (Å²) in [4.78, 5) is 13.1. The molecule has 3 heterocycles. The molecule has 1 aliphatic heterocycles. The number of aromatic amines is 2. The van der Waals surface area contributed by atoms with E-state index < -0.39 is 0 Å². The molecule has 3 aromatic rings. The molecule has 2 unspecified atom stereocenters. The van der Waals surface area contributed by atoms with E-state index in [1.165, 1.54) is 22.4 Å². The van der Waals surface area contributed by atoms with Gasteiger partial charge in [0.25, 0.3) is 0 Å². The van der Waals surface area contributed by atoms with Gasteiger partial charge in [-0.25, -0.2) is 4.98 Å². The van der Waals surface area contributed by atoms with Gasteiger partial charge in [-0.15, -0.1) is 0 Å². The van der Waals surface area contributed by atoms with Gasteiger partial charge in [-0.3, -0.25) is 10.1 Å². The topological polar surface area (TPSA) is 81.8 Å². The molecule has 0 saturated carbocycles. The zero-order valence-corrected chi connectivity index (χ0v) is 19.5. The molecule has 3 N–H and O–H groups in total. The maximum Gasteiger partial charge on any atom is 0.159 e. The molecule has 172 valence electrons. The molecule has 0 spiro atoms. The van der Waals surface area contributed by atoms with Crippen LogP contribution in [0.2, 0.25) is 0 Å². The molecule has 6 heteroatoms. The van der Waals surface area contributed by atoms with Gasteiger partial charge in [0.05, 0.1) is 11.0 Å². The van der Waals surface area contributed by atoms with Crippen molar-refractivity contribution in [1.82, 2.24) is 25.5 Å². The average molecular weight is 451 g/mol. The van der Waals surface area contributed by atoms with Crippen LogP contribution in [-0.2, 0) is 13.0 Å². The average Bonchev–Trinajstić information content (AvgIpc) is 3.49. The largest absolute Gasteiger partial charge is 0.340 e. The molecule has 2 atom stereocenters. The van der Waals surface area contributed by atoms with Crippen LogP contribution in [0.25, 0.3) is 29.7 Å². The fraction of sp³-hybridized carbons (Fsp3) is 0.321. The Morgan fingerprint density at radius 1 is 1.18 bits per heavy atom. The van der Waals surface area contributed by atoms with E-state index in [0.29, 0.717) is 11.8 Å². The number of nitrogens with zero attached hydrogens (tertiary/aromatic N) is 3. The fourth-order valence-electron chi connectivity index (χ4n) is 5.23. The Hall–Kier alpha value is -3.51. The quantitative estimate of drug-likeness (QED) is 0.540. The molecule has 1 aromatic carbocycles. The van der Waals surface area contributed by atoms with Crippen molar-refractivity contribution in [3.63, 3.8) is 0 Å². The number of aryl methyl sites for hydroxylation is 1. The van der Waals surface area contributed by atoms with Crippen LogP contribution in [0.15, 0.2) is 52.5 Å². The lowest BCUT2D eigenvalue weighted by Crippen LogP contribution is -2.32. The highest BCUT2D eigenvalue weighted by Gasteiger charge is 2.24. The normalized spacial score (nSPS) is 21.1. The van der Waals surface area contributed by atoms with Gasteiger partial charge in [0, 0.05) is 48.6 Å². The Bertz CT molecular complexity index is 1400. The molecule has 0 radical (unpaired) electrons. The fourth-order valence-corrected chi connectivity index (χ4v) is 5.23. The van der Waals surface area contributed by atoms with E-state index in [4.69, 9.17) is 9.98 Å². The SMILES string of the molecule is CC1=C(C2C=c3c(-c4nc5c([nH]4)CCC=C5)n[nH]c3=CC2)C=NCC1CNCc1ccccc1. The van der Waals surface area contributed by atoms with Crippen LogP contribution < -0.4 is 15.9 Å². The summed E-state index contributed by atoms with van der Waals surface area (Å²) in [5.74, 6) is 1.57. The molecule has 2 aliphatic carbocycles. The van der Waals surface area contributed by atoms with Crippen LogP contribution >= 0.6 is 0 Å². The summed E-state index contributed by atoms with van der Waals surface area (Å²) in [7, 11) is 0. The lowest BCUT2D eigenvalue weighted by Gasteiger charge is -2.26. The Kier molecular flexibility index (Phi) is 5.59. The summed E-state index contributed by atoms with van der Waals surface area (Å²) in [6.07, 6.45) is 14.0. The van der Waals surface area contributed by atoms with Crippen LogP contribution in [0.4, 0.5) is 0 Å². The first-order chi connectivity index (χ1) is 16.8. The van der Waals surface area contributed by atoms with E-state index >= 15 is 0 Å². The van der Waals surface area contributed by atoms with Crippen molar-refractivity contribution in [3.8, 4) is 11.5 Å². The van der Waals surface area contributed by atoms with E-state index in [1.807, 2.05) is 0 Å². The van der Waals surface area contributed by atoms with Gasteiger partial charge in [-0.1, -0.05) is 54.1 Å². The molecular formula is C28H30N6. The van der Waals surface area contributed by atoms with Gasteiger partial charge in [-0.2, -0.15) is 5.10 Å². The minimum Gasteiger partial charge on any atom is -0.340 e. The number of aliphatic imine (C=N–C) groups is 1. The molecule has 0 bridgehead atoms. The zero-order chi connectivity index (χ0) is 22.9. The van der Waals surface area contributed by atoms with E-state index in [0.717, 1.165) is 66.7 Å². The van der Waals surface area contributed by atoms with Gasteiger partial charge in [0.15, 0.2) is 5.82 Å². The van der Waals surface area contributed by atoms with Crippen molar-refractivity contribution in [2.45, 2.75) is 32.7 Å². The molecule has 0 saturated heterocycles. The number of hydrogen-bond acceptors (Lipinski definition) is 4. The van der Waals surface area contributed by atoms with Crippen molar-refractivity contribution in [2.24, 2.45) is 16.8 Å². The number of hydrogen-bond donors (Lipinski definition) is 3. The van der Waals surface area contributed by atoms with Gasteiger partial charge < -0.3 is 10.3 Å². The summed E-state index contributed by atoms with van der Waals surface area (Å²) < 4.78 is 0. The van der Waals surface area contributed by atoms with Crippen LogP contribution in [0.5, 0.6) is 0 Å². The summed E-state index contributed by atoms with van der Waals surface area (Å²) >= 11 is 0. The van der Waals surface area contributed by atoms with Crippen molar-refractivity contribution < 1.29 is 0 Å². The van der Waals surface area contributed by atoms with E-state index in [-0.39, 0.29) is 0 Å². The van der Waals surface area contributed by atoms with Crippen LogP contribution in [0.3, 0.4) is 0 Å². The highest BCUT2D eigenvalue weighted by Crippen LogP contribution is 2.28. The van der Waals surface area contributed by atoms with Crippen LogP contribution in [0, 0.1) is 11.8 Å². The van der Waals surface area contributed by atoms with Crippen LogP contribution in [0.1, 0.15) is 36.7 Å². The molecule has 2 aromatic heterocycles. The Morgan fingerprint density at radius 3 is 2.97 bits per heavy atom. The maximum atomic E-state index is 4.82. The number of dihydropyridines is 1. The highest BCUT2D eigenvalue weighted by molar-refractivity contribution is 5.84. The molecule has 0 fully saturated rings. The lowest BCUT2D eigenvalue weighted by atomic mass is 9.83. The molecule has 6 nitrogen and oxygen atoms in total. The van der Waals surface area contributed by atoms with Gasteiger partial charge in [0.2, 0.25) is 0 Å². The minimum absolute atomic E-state index is 0.300. The first kappa shape index (κ1) is 21.1. The first-order valence-electron chi connectivity index (χ1n) is 12.2. The van der Waals surface area contributed by atoms with E-state index in [9.17, 15) is 0 Å². The summed E-state index contributed by atoms with van der Waals surface area (Å²) in [5.41, 5.74) is 7.25. The molecule has 0 amide bonds. The molecule has 3 aliphatic rings. The second kappa shape index (κ2) is 9.03. The van der Waals surface area contributed by atoms with Crippen molar-refractivity contribution in [2.75, 3.05) is 13.1 Å². The van der Waals surface area contributed by atoms with Crippen LogP contribution in [-0.4, -0.2) is 39.5 Å². The number of allylic oxidation sites excluding steroid dienone is 2. The number of imidazole rings is 1. The predicted octanol–water partition coefficient (Wildman–Crippen LogP) is 3.15. The Morgan fingerprint density at radius 2 is 2.09 bits per heavy atom. The van der Waals surface area contributed by atoms with E-state index in [1.54, 1.807) is 0 Å². The third kappa shape index (κ3) is 3.99. The first-order valence-corrected chi connectivity index (χ1v) is 12.2. The summed E-state index contributed by atoms with van der Waals surface area (Å²) in [6, 6.07) is 10.6. The predicted molar refractivity (Wildman–Crippen MR) is 138 cm³/mol. The number of nitrogens with one attached hydrogen (secondary N) is 3. The third-order valence-electron chi connectivity index (χ3n) is 7.24. The molecule has 34 heavy (non-hydrogen) atoms. The Balaban J connectivity index is 1.24. The standard InChI is InChI=1S/C28H30N6/c1-18-21(15-29-14-19-7-3-2-4-8-19)16-30-17-23(18)20-11-12-24-22(13-20)27(34-33-24)28-31-25-9-5-6-10-26(25)32-28/h2-5,7-9,12-13,17,20-21,29,33H,6,10-11,14-16H2,1H3,(H,31,32). The second-order valence-electron chi connectivity index (χ2n) is 9.45.